The van der Waals surface area contributed by atoms with Gasteiger partial charge in [-0.05, 0) is 13.0 Å². The highest BCUT2D eigenvalue weighted by atomic mass is 16.2. The van der Waals surface area contributed by atoms with Gasteiger partial charge in [0, 0.05) is 38.6 Å². The predicted molar refractivity (Wildman–Crippen MR) is 61.5 cm³/mol. The second-order valence-corrected chi connectivity index (χ2v) is 4.30. The van der Waals surface area contributed by atoms with Crippen LogP contribution in [0.15, 0.2) is 0 Å². The van der Waals surface area contributed by atoms with Gasteiger partial charge in [-0.1, -0.05) is 13.8 Å². The van der Waals surface area contributed by atoms with Crippen LogP contribution in [0.3, 0.4) is 0 Å². The molecule has 0 aromatic rings. The van der Waals surface area contributed by atoms with Crippen LogP contribution in [0.4, 0.5) is 0 Å². The smallest absolute Gasteiger partial charge is 0.226 e. The number of nitrogens with zero attached hydrogens (tertiary/aromatic N) is 2. The van der Waals surface area contributed by atoms with Crippen LogP contribution in [-0.4, -0.2) is 55.0 Å². The number of hydrogen-bond acceptors (Lipinski definition) is 3. The Morgan fingerprint density at radius 1 is 1.33 bits per heavy atom. The van der Waals surface area contributed by atoms with Crippen LogP contribution in [0.2, 0.25) is 0 Å². The number of nitrogens with two attached hydrogens (primary N) is 1. The molecule has 88 valence electrons. The zero-order valence-electron chi connectivity index (χ0n) is 9.91. The summed E-state index contributed by atoms with van der Waals surface area (Å²) in [7, 11) is 0. The molecular weight excluding hydrogens is 190 g/mol. The summed E-state index contributed by atoms with van der Waals surface area (Å²) in [5.41, 5.74) is 5.50. The molecule has 0 spiro atoms. The zero-order chi connectivity index (χ0) is 11.3. The molecule has 1 aliphatic heterocycles. The molecule has 1 atom stereocenters. The van der Waals surface area contributed by atoms with Crippen LogP contribution < -0.4 is 5.73 Å². The van der Waals surface area contributed by atoms with Gasteiger partial charge >= 0.3 is 0 Å². The summed E-state index contributed by atoms with van der Waals surface area (Å²) in [6, 6.07) is 0. The Bertz CT molecular complexity index is 200. The molecule has 0 bridgehead atoms. The number of piperazine rings is 1. The van der Waals surface area contributed by atoms with Gasteiger partial charge in [0.1, 0.15) is 0 Å². The molecule has 1 aliphatic rings. The number of carbonyl (C=O) groups is 1. The average molecular weight is 213 g/mol. The second kappa shape index (κ2) is 6.08. The molecule has 1 saturated heterocycles. The fraction of sp³-hybridized carbons (Fsp3) is 0.909. The monoisotopic (exact) mass is 213 g/mol. The van der Waals surface area contributed by atoms with Crippen molar-refractivity contribution in [1.82, 2.24) is 9.80 Å². The molecule has 15 heavy (non-hydrogen) atoms. The molecule has 0 radical (unpaired) electrons. The lowest BCUT2D eigenvalue weighted by atomic mass is 10.1. The molecule has 1 rings (SSSR count). The first-order chi connectivity index (χ1) is 7.19. The van der Waals surface area contributed by atoms with E-state index in [-0.39, 0.29) is 11.8 Å². The molecule has 1 fully saturated rings. The third kappa shape index (κ3) is 3.47. The first-order valence-electron chi connectivity index (χ1n) is 5.90. The van der Waals surface area contributed by atoms with Crippen molar-refractivity contribution >= 4 is 5.91 Å². The maximum Gasteiger partial charge on any atom is 0.226 e. The van der Waals surface area contributed by atoms with Crippen molar-refractivity contribution in [2.45, 2.75) is 20.3 Å². The summed E-state index contributed by atoms with van der Waals surface area (Å²) in [6.07, 6.45) is 1.19. The van der Waals surface area contributed by atoms with E-state index in [0.29, 0.717) is 6.54 Å². The van der Waals surface area contributed by atoms with Gasteiger partial charge in [0.05, 0.1) is 0 Å². The lowest BCUT2D eigenvalue weighted by Crippen LogP contribution is -2.50. The van der Waals surface area contributed by atoms with Crippen molar-refractivity contribution in [3.63, 3.8) is 0 Å². The van der Waals surface area contributed by atoms with Crippen LogP contribution in [0.25, 0.3) is 0 Å². The van der Waals surface area contributed by atoms with Gasteiger partial charge in [-0.25, -0.2) is 0 Å². The van der Waals surface area contributed by atoms with Crippen LogP contribution in [0.5, 0.6) is 0 Å². The Hall–Kier alpha value is -0.610. The van der Waals surface area contributed by atoms with E-state index < -0.39 is 0 Å². The second-order valence-electron chi connectivity index (χ2n) is 4.30. The molecule has 1 amide bonds. The predicted octanol–water partition coefficient (Wildman–Crippen LogP) is 0.135. The first kappa shape index (κ1) is 12.5. The highest BCUT2D eigenvalue weighted by molar-refractivity contribution is 5.78. The Kier molecular flexibility index (Phi) is 5.05. The minimum atomic E-state index is -0.0253. The van der Waals surface area contributed by atoms with E-state index in [9.17, 15) is 4.79 Å². The van der Waals surface area contributed by atoms with Crippen molar-refractivity contribution < 1.29 is 4.79 Å². The third-order valence-electron chi connectivity index (χ3n) is 3.00. The number of rotatable bonds is 4. The van der Waals surface area contributed by atoms with E-state index in [4.69, 9.17) is 5.73 Å². The van der Waals surface area contributed by atoms with E-state index in [1.165, 1.54) is 6.42 Å². The van der Waals surface area contributed by atoms with Gasteiger partial charge in [0.15, 0.2) is 0 Å². The van der Waals surface area contributed by atoms with Gasteiger partial charge in [0.25, 0.3) is 0 Å². The van der Waals surface area contributed by atoms with E-state index in [1.54, 1.807) is 0 Å². The SMILES string of the molecule is CCCN1CCN(C(=O)C(C)CN)CC1. The van der Waals surface area contributed by atoms with Gasteiger partial charge in [-0.15, -0.1) is 0 Å². The van der Waals surface area contributed by atoms with Crippen molar-refractivity contribution in [2.75, 3.05) is 39.3 Å². The Morgan fingerprint density at radius 2 is 1.93 bits per heavy atom. The molecule has 0 aromatic heterocycles. The minimum absolute atomic E-state index is 0.0253. The molecule has 1 heterocycles. The van der Waals surface area contributed by atoms with Crippen molar-refractivity contribution in [3.8, 4) is 0 Å². The maximum atomic E-state index is 11.8. The molecular formula is C11H23N3O. The van der Waals surface area contributed by atoms with Crippen LogP contribution in [-0.2, 0) is 4.79 Å². The molecule has 4 nitrogen and oxygen atoms in total. The average Bonchev–Trinajstić information content (AvgIpc) is 2.28. The quantitative estimate of drug-likeness (QED) is 0.722. The summed E-state index contributed by atoms with van der Waals surface area (Å²) >= 11 is 0. The standard InChI is InChI=1S/C11H23N3O/c1-3-4-13-5-7-14(8-6-13)11(15)10(2)9-12/h10H,3-9,12H2,1-2H3. The summed E-state index contributed by atoms with van der Waals surface area (Å²) in [6.45, 7) is 9.44. The first-order valence-corrected chi connectivity index (χ1v) is 5.90. The highest BCUT2D eigenvalue weighted by Crippen LogP contribution is 2.06. The summed E-state index contributed by atoms with van der Waals surface area (Å²) in [5, 5.41) is 0. The van der Waals surface area contributed by atoms with E-state index in [0.717, 1.165) is 32.7 Å². The van der Waals surface area contributed by atoms with E-state index in [1.807, 2.05) is 11.8 Å². The van der Waals surface area contributed by atoms with Crippen molar-refractivity contribution in [2.24, 2.45) is 11.7 Å². The molecule has 1 unspecified atom stereocenters. The molecule has 0 saturated carbocycles. The topological polar surface area (TPSA) is 49.6 Å². The van der Waals surface area contributed by atoms with Gasteiger partial charge in [-0.3, -0.25) is 9.69 Å². The van der Waals surface area contributed by atoms with E-state index >= 15 is 0 Å². The fourth-order valence-electron chi connectivity index (χ4n) is 1.92. The lowest BCUT2D eigenvalue weighted by Gasteiger charge is -2.35. The van der Waals surface area contributed by atoms with Crippen molar-refractivity contribution in [3.05, 3.63) is 0 Å². The van der Waals surface area contributed by atoms with Gasteiger partial charge in [0.2, 0.25) is 5.91 Å². The largest absolute Gasteiger partial charge is 0.340 e. The molecule has 4 heteroatoms. The molecule has 2 N–H and O–H groups in total. The maximum absolute atomic E-state index is 11.8. The third-order valence-corrected chi connectivity index (χ3v) is 3.00. The Morgan fingerprint density at radius 3 is 2.40 bits per heavy atom. The highest BCUT2D eigenvalue weighted by Gasteiger charge is 2.23. The van der Waals surface area contributed by atoms with Gasteiger partial charge in [-0.2, -0.15) is 0 Å². The fourth-order valence-corrected chi connectivity index (χ4v) is 1.92. The molecule has 0 aromatic carbocycles. The van der Waals surface area contributed by atoms with Crippen molar-refractivity contribution in [1.29, 1.82) is 0 Å². The summed E-state index contributed by atoms with van der Waals surface area (Å²) < 4.78 is 0. The van der Waals surface area contributed by atoms with Crippen LogP contribution >= 0.6 is 0 Å². The van der Waals surface area contributed by atoms with E-state index in [2.05, 4.69) is 11.8 Å². The van der Waals surface area contributed by atoms with Crippen LogP contribution in [0, 0.1) is 5.92 Å². The lowest BCUT2D eigenvalue weighted by molar-refractivity contribution is -0.136. The zero-order valence-corrected chi connectivity index (χ0v) is 9.91. The summed E-state index contributed by atoms with van der Waals surface area (Å²) in [5.74, 6) is 0.191. The van der Waals surface area contributed by atoms with Crippen LogP contribution in [0.1, 0.15) is 20.3 Å². The minimum Gasteiger partial charge on any atom is -0.340 e. The number of carbonyl (C=O) groups excluding carboxylic acids is 1. The van der Waals surface area contributed by atoms with Gasteiger partial charge < -0.3 is 10.6 Å². The number of hydrogen-bond donors (Lipinski definition) is 1. The number of amides is 1. The summed E-state index contributed by atoms with van der Waals surface area (Å²) in [4.78, 5) is 16.2. The normalized spacial score (nSPS) is 20.3. The Labute approximate surface area is 92.4 Å². The molecule has 0 aliphatic carbocycles. The Balaban J connectivity index is 2.33.